The lowest BCUT2D eigenvalue weighted by Crippen LogP contribution is -2.23. The zero-order chi connectivity index (χ0) is 16.5. The molecule has 0 saturated carbocycles. The first-order valence-electron chi connectivity index (χ1n) is 7.28. The highest BCUT2D eigenvalue weighted by atomic mass is 79.9. The summed E-state index contributed by atoms with van der Waals surface area (Å²) in [6.07, 6.45) is 7.54. The minimum Gasteiger partial charge on any atom is -0.495 e. The van der Waals surface area contributed by atoms with Crippen molar-refractivity contribution in [1.29, 1.82) is 0 Å². The summed E-state index contributed by atoms with van der Waals surface area (Å²) >= 11 is 7.21. The molecule has 0 fully saturated rings. The molecule has 0 N–H and O–H groups in total. The third-order valence-electron chi connectivity index (χ3n) is 4.04. The topological polar surface area (TPSA) is 18.5 Å². The van der Waals surface area contributed by atoms with Gasteiger partial charge in [-0.25, -0.2) is 0 Å². The molecule has 1 aliphatic carbocycles. The Kier molecular flexibility index (Phi) is 5.44. The summed E-state index contributed by atoms with van der Waals surface area (Å²) < 4.78 is 13.2. The third kappa shape index (κ3) is 3.28. The molecule has 0 bridgehead atoms. The van der Waals surface area contributed by atoms with Gasteiger partial charge >= 0.3 is 0 Å². The van der Waals surface area contributed by atoms with Crippen LogP contribution in [0, 0.1) is 11.3 Å². The van der Waals surface area contributed by atoms with Gasteiger partial charge in [-0.3, -0.25) is 0 Å². The van der Waals surface area contributed by atoms with Crippen molar-refractivity contribution in [2.75, 3.05) is 14.2 Å². The fourth-order valence-corrected chi connectivity index (χ4v) is 4.44. The standard InChI is InChI=1S/C18H22Br2O2/c1-18(2,3)12-9-7-6-8-11(12)15-16(21-4)13(19)10-14(20)17(15)22-5/h6-8,10,12H,9H2,1-5H3/t12-/m1/s1. The normalized spacial score (nSPS) is 18.1. The summed E-state index contributed by atoms with van der Waals surface area (Å²) in [5.41, 5.74) is 2.43. The summed E-state index contributed by atoms with van der Waals surface area (Å²) in [5, 5.41) is 0. The van der Waals surface area contributed by atoms with Gasteiger partial charge in [0.2, 0.25) is 0 Å². The van der Waals surface area contributed by atoms with Gasteiger partial charge in [-0.1, -0.05) is 39.0 Å². The average molecular weight is 430 g/mol. The van der Waals surface area contributed by atoms with Crippen LogP contribution in [0.1, 0.15) is 32.8 Å². The maximum absolute atomic E-state index is 5.68. The van der Waals surface area contributed by atoms with E-state index in [1.807, 2.05) is 6.07 Å². The number of benzene rings is 1. The minimum atomic E-state index is 0.154. The Labute approximate surface area is 149 Å². The largest absolute Gasteiger partial charge is 0.495 e. The van der Waals surface area contributed by atoms with Gasteiger partial charge in [-0.2, -0.15) is 0 Å². The molecule has 0 unspecified atom stereocenters. The number of halogens is 2. The van der Waals surface area contributed by atoms with Crippen LogP contribution in [0.2, 0.25) is 0 Å². The molecule has 0 spiro atoms. The van der Waals surface area contributed by atoms with E-state index in [2.05, 4.69) is 70.9 Å². The quantitative estimate of drug-likeness (QED) is 0.566. The van der Waals surface area contributed by atoms with Crippen molar-refractivity contribution in [3.8, 4) is 11.5 Å². The molecule has 4 heteroatoms. The predicted octanol–water partition coefficient (Wildman–Crippen LogP) is 6.23. The van der Waals surface area contributed by atoms with Crippen LogP contribution in [0.25, 0.3) is 5.57 Å². The zero-order valence-electron chi connectivity index (χ0n) is 13.7. The summed E-state index contributed by atoms with van der Waals surface area (Å²) in [5.74, 6) is 2.04. The van der Waals surface area contributed by atoms with E-state index in [4.69, 9.17) is 9.47 Å². The number of hydrogen-bond donors (Lipinski definition) is 0. The summed E-state index contributed by atoms with van der Waals surface area (Å²) in [6, 6.07) is 1.96. The molecule has 0 aliphatic heterocycles. The molecule has 2 nitrogen and oxygen atoms in total. The van der Waals surface area contributed by atoms with Crippen LogP contribution < -0.4 is 9.47 Å². The monoisotopic (exact) mass is 428 g/mol. The molecule has 0 aromatic heterocycles. The van der Waals surface area contributed by atoms with Crippen LogP contribution in [-0.4, -0.2) is 14.2 Å². The van der Waals surface area contributed by atoms with Crippen molar-refractivity contribution < 1.29 is 9.47 Å². The lowest BCUT2D eigenvalue weighted by Gasteiger charge is -2.35. The molecule has 120 valence electrons. The fraction of sp³-hybridized carbons (Fsp3) is 0.444. The highest BCUT2D eigenvalue weighted by Gasteiger charge is 2.33. The van der Waals surface area contributed by atoms with Crippen molar-refractivity contribution in [2.24, 2.45) is 11.3 Å². The van der Waals surface area contributed by atoms with Crippen molar-refractivity contribution in [3.05, 3.63) is 38.8 Å². The van der Waals surface area contributed by atoms with Gasteiger partial charge in [0.15, 0.2) is 0 Å². The SMILES string of the molecule is COc1c(Br)cc(Br)c(OC)c1C1=CC=CC[C@H]1C(C)(C)C. The Bertz CT molecular complexity index is 597. The van der Waals surface area contributed by atoms with E-state index in [1.54, 1.807) is 14.2 Å². The number of ether oxygens (including phenoxy) is 2. The van der Waals surface area contributed by atoms with Crippen molar-refractivity contribution in [1.82, 2.24) is 0 Å². The molecule has 1 atom stereocenters. The molecule has 0 saturated heterocycles. The molecule has 1 aromatic carbocycles. The second-order valence-electron chi connectivity index (χ2n) is 6.49. The van der Waals surface area contributed by atoms with E-state index in [9.17, 15) is 0 Å². The van der Waals surface area contributed by atoms with Gasteiger partial charge in [0.25, 0.3) is 0 Å². The van der Waals surface area contributed by atoms with E-state index in [0.29, 0.717) is 5.92 Å². The van der Waals surface area contributed by atoms with Crippen molar-refractivity contribution in [2.45, 2.75) is 27.2 Å². The van der Waals surface area contributed by atoms with Gasteiger partial charge in [-0.05, 0) is 61.3 Å². The molecule has 1 aromatic rings. The molecule has 0 radical (unpaired) electrons. The first kappa shape index (κ1) is 17.6. The maximum atomic E-state index is 5.68. The van der Waals surface area contributed by atoms with Gasteiger partial charge in [-0.15, -0.1) is 0 Å². The van der Waals surface area contributed by atoms with Crippen LogP contribution in [0.3, 0.4) is 0 Å². The third-order valence-corrected chi connectivity index (χ3v) is 5.22. The second kappa shape index (κ2) is 6.79. The fourth-order valence-electron chi connectivity index (χ4n) is 2.95. The summed E-state index contributed by atoms with van der Waals surface area (Å²) in [6.45, 7) is 6.82. The van der Waals surface area contributed by atoms with Crippen LogP contribution in [-0.2, 0) is 0 Å². The number of methoxy groups -OCH3 is 2. The highest BCUT2D eigenvalue weighted by Crippen LogP contribution is 2.51. The smallest absolute Gasteiger partial charge is 0.144 e. The van der Waals surface area contributed by atoms with E-state index in [-0.39, 0.29) is 5.41 Å². The van der Waals surface area contributed by atoms with E-state index >= 15 is 0 Å². The number of rotatable bonds is 3. The predicted molar refractivity (Wildman–Crippen MR) is 99.6 cm³/mol. The average Bonchev–Trinajstić information content (AvgIpc) is 2.45. The first-order valence-corrected chi connectivity index (χ1v) is 8.87. The zero-order valence-corrected chi connectivity index (χ0v) is 16.8. The van der Waals surface area contributed by atoms with Gasteiger partial charge in [0.1, 0.15) is 11.5 Å². The number of allylic oxidation sites excluding steroid dienone is 4. The molecular weight excluding hydrogens is 408 g/mol. The molecule has 0 heterocycles. The van der Waals surface area contributed by atoms with E-state index < -0.39 is 0 Å². The van der Waals surface area contributed by atoms with E-state index in [0.717, 1.165) is 32.4 Å². The van der Waals surface area contributed by atoms with Gasteiger partial charge in [0.05, 0.1) is 28.7 Å². The lowest BCUT2D eigenvalue weighted by atomic mass is 9.70. The van der Waals surface area contributed by atoms with Crippen molar-refractivity contribution >= 4 is 37.4 Å². The minimum absolute atomic E-state index is 0.154. The van der Waals surface area contributed by atoms with Crippen molar-refractivity contribution in [3.63, 3.8) is 0 Å². The van der Waals surface area contributed by atoms with Gasteiger partial charge < -0.3 is 9.47 Å². The Morgan fingerprint density at radius 1 is 1.05 bits per heavy atom. The summed E-state index contributed by atoms with van der Waals surface area (Å²) in [7, 11) is 3.39. The Morgan fingerprint density at radius 3 is 2.05 bits per heavy atom. The van der Waals surface area contributed by atoms with Crippen LogP contribution in [0.15, 0.2) is 33.2 Å². The molecule has 0 amide bonds. The van der Waals surface area contributed by atoms with Crippen LogP contribution >= 0.6 is 31.9 Å². The lowest BCUT2D eigenvalue weighted by molar-refractivity contribution is 0.301. The van der Waals surface area contributed by atoms with Crippen LogP contribution in [0.5, 0.6) is 11.5 Å². The van der Waals surface area contributed by atoms with E-state index in [1.165, 1.54) is 5.57 Å². The highest BCUT2D eigenvalue weighted by molar-refractivity contribution is 9.11. The first-order chi connectivity index (χ1) is 10.3. The maximum Gasteiger partial charge on any atom is 0.144 e. The Hall–Kier alpha value is -0.740. The summed E-state index contributed by atoms with van der Waals surface area (Å²) in [4.78, 5) is 0. The second-order valence-corrected chi connectivity index (χ2v) is 8.19. The van der Waals surface area contributed by atoms with Crippen LogP contribution in [0.4, 0.5) is 0 Å². The Morgan fingerprint density at radius 2 is 1.59 bits per heavy atom. The van der Waals surface area contributed by atoms with Gasteiger partial charge in [0, 0.05) is 0 Å². The Balaban J connectivity index is 2.74. The number of hydrogen-bond acceptors (Lipinski definition) is 2. The molecule has 1 aliphatic rings. The molecule has 22 heavy (non-hydrogen) atoms. The molecular formula is C18H22Br2O2. The molecule has 2 rings (SSSR count).